The van der Waals surface area contributed by atoms with Crippen LogP contribution in [0.1, 0.15) is 34.3 Å². The fraction of sp³-hybridized carbons (Fsp3) is 0.106. The van der Waals surface area contributed by atoms with Crippen LogP contribution in [0.3, 0.4) is 0 Å². The van der Waals surface area contributed by atoms with Crippen LogP contribution >= 0.6 is 0 Å². The molecule has 3 nitrogen and oxygen atoms in total. The molecule has 0 saturated carbocycles. The molecule has 0 amide bonds. The van der Waals surface area contributed by atoms with Gasteiger partial charge < -0.3 is 4.40 Å². The highest BCUT2D eigenvalue weighted by Crippen LogP contribution is 2.47. The fourth-order valence-electron chi connectivity index (χ4n) is 10.0. The summed E-state index contributed by atoms with van der Waals surface area (Å²) in [5.74, 6) is 0.392. The third-order valence-electron chi connectivity index (χ3n) is 12.2. The highest BCUT2D eigenvalue weighted by Gasteiger charge is 2.46. The first-order valence-electron chi connectivity index (χ1n) is 17.9. The first-order valence-corrected chi connectivity index (χ1v) is 17.9. The van der Waals surface area contributed by atoms with Gasteiger partial charge in [-0.2, -0.15) is 8.97 Å². The van der Waals surface area contributed by atoms with E-state index in [0.29, 0.717) is 12.0 Å². The summed E-state index contributed by atoms with van der Waals surface area (Å²) in [6.45, 7) is 2.28. The Morgan fingerprint density at radius 3 is 2.30 bits per heavy atom. The minimum absolute atomic E-state index is 0.343. The number of benzene rings is 5. The first-order chi connectivity index (χ1) is 24.7. The maximum atomic E-state index is 2.57. The van der Waals surface area contributed by atoms with Crippen LogP contribution in [-0.2, 0) is 12.8 Å². The molecule has 1 aliphatic carbocycles. The second kappa shape index (κ2) is 9.55. The second-order valence-corrected chi connectivity index (χ2v) is 14.5. The maximum absolute atomic E-state index is 2.57. The molecule has 12 rings (SSSR count). The van der Waals surface area contributed by atoms with Gasteiger partial charge in [0.15, 0.2) is 24.1 Å². The lowest BCUT2D eigenvalue weighted by Gasteiger charge is -2.33. The highest BCUT2D eigenvalue weighted by molar-refractivity contribution is 6.25. The zero-order chi connectivity index (χ0) is 32.7. The minimum atomic E-state index is 0.343. The number of para-hydroxylation sites is 2. The van der Waals surface area contributed by atoms with Gasteiger partial charge in [0.2, 0.25) is 11.2 Å². The summed E-state index contributed by atoms with van der Waals surface area (Å²) >= 11 is 0. The molecule has 0 saturated heterocycles. The Bertz CT molecular complexity index is 3060. The predicted octanol–water partition coefficient (Wildman–Crippen LogP) is 10.1. The molecule has 50 heavy (non-hydrogen) atoms. The average Bonchev–Trinajstić information content (AvgIpc) is 3.69. The molecule has 0 spiro atoms. The Kier molecular flexibility index (Phi) is 5.13. The second-order valence-electron chi connectivity index (χ2n) is 14.5. The number of aromatic nitrogens is 3. The highest BCUT2D eigenvalue weighted by atomic mass is 15.0. The summed E-state index contributed by atoms with van der Waals surface area (Å²) in [6.07, 6.45) is 6.73. The monoisotopic (exact) mass is 639 g/mol. The topological polar surface area (TPSA) is 12.4 Å². The van der Waals surface area contributed by atoms with E-state index in [9.17, 15) is 0 Å². The number of hydrogen-bond acceptors (Lipinski definition) is 0. The summed E-state index contributed by atoms with van der Waals surface area (Å²) in [6, 6.07) is 50.4. The Morgan fingerprint density at radius 1 is 0.600 bits per heavy atom. The van der Waals surface area contributed by atoms with E-state index in [1.54, 1.807) is 0 Å². The van der Waals surface area contributed by atoms with Gasteiger partial charge in [-0.1, -0.05) is 84.9 Å². The largest absolute Gasteiger partial charge is 0.308 e. The van der Waals surface area contributed by atoms with E-state index in [0.717, 1.165) is 12.8 Å². The number of rotatable bonds is 1. The minimum Gasteiger partial charge on any atom is -0.308 e. The molecule has 1 aliphatic heterocycles. The van der Waals surface area contributed by atoms with E-state index < -0.39 is 0 Å². The van der Waals surface area contributed by atoms with E-state index in [4.69, 9.17) is 0 Å². The lowest BCUT2D eigenvalue weighted by molar-refractivity contribution is -0.721. The van der Waals surface area contributed by atoms with E-state index in [-0.39, 0.29) is 0 Å². The molecule has 3 heteroatoms. The Hall–Kier alpha value is -6.06. The molecule has 2 aliphatic rings. The van der Waals surface area contributed by atoms with Crippen molar-refractivity contribution in [2.24, 2.45) is 0 Å². The summed E-state index contributed by atoms with van der Waals surface area (Å²) in [5, 5.41) is 8.06. The Labute approximate surface area is 289 Å². The van der Waals surface area contributed by atoms with Crippen molar-refractivity contribution in [1.29, 1.82) is 0 Å². The van der Waals surface area contributed by atoms with Crippen LogP contribution in [0.2, 0.25) is 0 Å². The number of hydrogen-bond donors (Lipinski definition) is 0. The van der Waals surface area contributed by atoms with E-state index in [1.807, 2.05) is 0 Å². The van der Waals surface area contributed by atoms with E-state index in [2.05, 4.69) is 166 Å². The van der Waals surface area contributed by atoms with E-state index >= 15 is 0 Å². The van der Waals surface area contributed by atoms with Crippen LogP contribution in [-0.4, -0.2) is 4.40 Å². The number of fused-ring (bicyclic) bond motifs is 18. The Balaban J connectivity index is 1.23. The van der Waals surface area contributed by atoms with Crippen LogP contribution in [0.5, 0.6) is 0 Å². The molecule has 0 bridgehead atoms. The SMILES string of the molecule is Cc1cc2c3cc4c5cccc6c7ccccc7n(c4cc3c3c([n+]2cc1-c1ccccc1)CC1C(C3)c2ccccc2-c2cccc[n+]21)c65. The summed E-state index contributed by atoms with van der Waals surface area (Å²) in [4.78, 5) is 0. The first kappa shape index (κ1) is 26.8. The van der Waals surface area contributed by atoms with Crippen molar-refractivity contribution in [2.45, 2.75) is 31.7 Å². The third-order valence-corrected chi connectivity index (χ3v) is 12.2. The zero-order valence-corrected chi connectivity index (χ0v) is 27.8. The molecular weight excluding hydrogens is 607 g/mol. The number of pyridine rings is 3. The van der Waals surface area contributed by atoms with Crippen molar-refractivity contribution in [2.75, 3.05) is 0 Å². The van der Waals surface area contributed by atoms with Gasteiger partial charge in [-0.3, -0.25) is 0 Å². The molecule has 0 N–H and O–H groups in total. The van der Waals surface area contributed by atoms with Crippen LogP contribution in [0, 0.1) is 6.92 Å². The number of aryl methyl sites for hydroxylation is 1. The molecule has 0 fully saturated rings. The van der Waals surface area contributed by atoms with Crippen LogP contribution in [0.15, 0.2) is 146 Å². The van der Waals surface area contributed by atoms with Crippen LogP contribution in [0.25, 0.3) is 76.8 Å². The van der Waals surface area contributed by atoms with Crippen molar-refractivity contribution >= 4 is 54.4 Å². The lowest BCUT2D eigenvalue weighted by Crippen LogP contribution is -2.52. The van der Waals surface area contributed by atoms with Crippen molar-refractivity contribution in [3.63, 3.8) is 0 Å². The normalized spacial score (nSPS) is 16.7. The van der Waals surface area contributed by atoms with Gasteiger partial charge in [-0.15, -0.1) is 0 Å². The van der Waals surface area contributed by atoms with E-state index in [1.165, 1.54) is 99.2 Å². The molecule has 5 aromatic heterocycles. The van der Waals surface area contributed by atoms with Gasteiger partial charge in [0.1, 0.15) is 0 Å². The molecule has 10 aromatic rings. The van der Waals surface area contributed by atoms with Gasteiger partial charge in [0.25, 0.3) is 0 Å². The van der Waals surface area contributed by atoms with Crippen molar-refractivity contribution in [1.82, 2.24) is 4.40 Å². The van der Waals surface area contributed by atoms with Gasteiger partial charge in [0.05, 0.1) is 34.3 Å². The van der Waals surface area contributed by atoms with Gasteiger partial charge in [0, 0.05) is 56.4 Å². The molecule has 2 atom stereocenters. The van der Waals surface area contributed by atoms with Crippen LogP contribution in [0.4, 0.5) is 0 Å². The molecular formula is C47H33N3+2. The number of nitrogens with zero attached hydrogens (tertiary/aromatic N) is 3. The fourth-order valence-corrected chi connectivity index (χ4v) is 10.0. The zero-order valence-electron chi connectivity index (χ0n) is 27.8. The summed E-state index contributed by atoms with van der Waals surface area (Å²) in [5.41, 5.74) is 16.2. The summed E-state index contributed by atoms with van der Waals surface area (Å²) < 4.78 is 7.68. The quantitative estimate of drug-likeness (QED) is 0.125. The molecule has 0 radical (unpaired) electrons. The molecule has 2 unspecified atom stereocenters. The summed E-state index contributed by atoms with van der Waals surface area (Å²) in [7, 11) is 0. The average molecular weight is 640 g/mol. The third kappa shape index (κ3) is 3.35. The van der Waals surface area contributed by atoms with Crippen molar-refractivity contribution < 1.29 is 8.97 Å². The predicted molar refractivity (Wildman–Crippen MR) is 203 cm³/mol. The molecule has 5 aromatic carbocycles. The van der Waals surface area contributed by atoms with Crippen LogP contribution < -0.4 is 8.97 Å². The molecule has 234 valence electrons. The van der Waals surface area contributed by atoms with Crippen molar-refractivity contribution in [3.05, 3.63) is 168 Å². The lowest BCUT2D eigenvalue weighted by atomic mass is 9.73. The van der Waals surface area contributed by atoms with Gasteiger partial charge in [-0.25, -0.2) is 0 Å². The van der Waals surface area contributed by atoms with Gasteiger partial charge in [-0.05, 0) is 65.8 Å². The smallest absolute Gasteiger partial charge is 0.219 e. The molecule has 6 heterocycles. The maximum Gasteiger partial charge on any atom is 0.219 e. The Morgan fingerprint density at radius 2 is 1.38 bits per heavy atom. The van der Waals surface area contributed by atoms with Gasteiger partial charge >= 0.3 is 0 Å². The standard InChI is InChI=1S/C47H33N3/c1-28-22-43-38-24-37-34-18-11-17-33-32-16-7-8-20-42(32)50(47(33)34)46(37)25-35(38)39-23-36-30-14-5-6-15-31(30)41-19-9-10-21-48(41)44(36)26-45(39)49(43)27-40(28)29-12-3-2-4-13-29/h2-22,24-25,27,36,44H,23,26H2,1H3/q+2. The van der Waals surface area contributed by atoms with Crippen molar-refractivity contribution in [3.8, 4) is 22.4 Å².